The van der Waals surface area contributed by atoms with Crippen molar-refractivity contribution in [2.24, 2.45) is 0 Å². The Hall–Kier alpha value is -1.43. The molecule has 0 aliphatic heterocycles. The number of para-hydroxylation sites is 1. The van der Waals surface area contributed by atoms with Crippen molar-refractivity contribution in [2.45, 2.75) is 11.4 Å². The van der Waals surface area contributed by atoms with E-state index in [1.807, 2.05) is 0 Å². The lowest BCUT2D eigenvalue weighted by Gasteiger charge is -2.19. The van der Waals surface area contributed by atoms with Crippen LogP contribution in [0.4, 0.5) is 27.6 Å². The van der Waals surface area contributed by atoms with E-state index >= 15 is 0 Å². The Morgan fingerprint density at radius 3 is 1.70 bits per heavy atom. The summed E-state index contributed by atoms with van der Waals surface area (Å²) in [6.45, 7) is 0. The van der Waals surface area contributed by atoms with Crippen LogP contribution >= 0.6 is 0 Å². The molecule has 0 aromatic heterocycles. The van der Waals surface area contributed by atoms with Crippen molar-refractivity contribution in [3.05, 3.63) is 30.3 Å². The smallest absolute Gasteiger partial charge is 0.271 e. The molecule has 0 saturated carbocycles. The number of anilines is 1. The van der Waals surface area contributed by atoms with Crippen molar-refractivity contribution >= 4 is 23.6 Å². The first kappa shape index (κ1) is 16.6. The standard InChI is InChI=1S/C8H6F5NO4S2/c9-7(10,11)8(12,13)19(15,16)20(17,18)14-6-4-2-1-3-5-6/h1-5,14H. The van der Waals surface area contributed by atoms with E-state index in [0.717, 1.165) is 16.9 Å². The first-order valence-electron chi connectivity index (χ1n) is 4.60. The number of hydrogen-bond donors (Lipinski definition) is 1. The van der Waals surface area contributed by atoms with E-state index in [1.54, 1.807) is 0 Å². The fourth-order valence-corrected chi connectivity index (χ4v) is 3.81. The van der Waals surface area contributed by atoms with Crippen molar-refractivity contribution < 1.29 is 38.8 Å². The van der Waals surface area contributed by atoms with Crippen molar-refractivity contribution in [1.29, 1.82) is 0 Å². The predicted octanol–water partition coefficient (Wildman–Crippen LogP) is 1.91. The summed E-state index contributed by atoms with van der Waals surface area (Å²) in [4.78, 5) is 0. The molecular formula is C8H6F5NO4S2. The maximum atomic E-state index is 12.8. The van der Waals surface area contributed by atoms with Gasteiger partial charge in [0.05, 0.1) is 0 Å². The Morgan fingerprint density at radius 1 is 0.850 bits per heavy atom. The number of alkyl halides is 5. The fourth-order valence-electron chi connectivity index (χ4n) is 0.985. The highest BCUT2D eigenvalue weighted by atomic mass is 33.2. The van der Waals surface area contributed by atoms with Gasteiger partial charge in [-0.1, -0.05) is 18.2 Å². The van der Waals surface area contributed by atoms with Gasteiger partial charge in [0.1, 0.15) is 0 Å². The van der Waals surface area contributed by atoms with E-state index in [1.165, 1.54) is 18.2 Å². The molecule has 0 saturated heterocycles. The monoisotopic (exact) mass is 339 g/mol. The number of rotatable bonds is 4. The molecule has 1 aromatic rings. The van der Waals surface area contributed by atoms with Gasteiger partial charge in [-0.3, -0.25) is 4.72 Å². The summed E-state index contributed by atoms with van der Waals surface area (Å²) in [5.41, 5.74) is -0.478. The summed E-state index contributed by atoms with van der Waals surface area (Å²) >= 11 is 0. The zero-order valence-corrected chi connectivity index (χ0v) is 10.9. The minimum Gasteiger partial charge on any atom is -0.271 e. The van der Waals surface area contributed by atoms with Crippen LogP contribution < -0.4 is 4.72 Å². The molecule has 114 valence electrons. The second-order valence-electron chi connectivity index (χ2n) is 3.39. The molecule has 0 spiro atoms. The Bertz CT molecular complexity index is 681. The van der Waals surface area contributed by atoms with Gasteiger partial charge in [-0.25, -0.2) is 8.42 Å². The predicted molar refractivity (Wildman–Crippen MR) is 58.9 cm³/mol. The zero-order valence-electron chi connectivity index (χ0n) is 9.23. The molecule has 0 aliphatic rings. The van der Waals surface area contributed by atoms with Crippen LogP contribution in [0.3, 0.4) is 0 Å². The summed E-state index contributed by atoms with van der Waals surface area (Å²) in [6.07, 6.45) is -6.56. The third-order valence-electron chi connectivity index (χ3n) is 1.95. The fraction of sp³-hybridized carbons (Fsp3) is 0.250. The van der Waals surface area contributed by atoms with E-state index in [4.69, 9.17) is 0 Å². The van der Waals surface area contributed by atoms with Gasteiger partial charge in [0, 0.05) is 5.69 Å². The summed E-state index contributed by atoms with van der Waals surface area (Å²) in [7, 11) is -12.9. The normalized spacial score (nSPS) is 14.1. The van der Waals surface area contributed by atoms with Crippen LogP contribution in [0, 0.1) is 0 Å². The van der Waals surface area contributed by atoms with Crippen molar-refractivity contribution in [1.82, 2.24) is 0 Å². The van der Waals surface area contributed by atoms with Gasteiger partial charge in [0.25, 0.3) is 0 Å². The summed E-state index contributed by atoms with van der Waals surface area (Å²) in [5, 5.41) is -6.43. The number of hydrogen-bond acceptors (Lipinski definition) is 4. The van der Waals surface area contributed by atoms with Gasteiger partial charge in [-0.05, 0) is 12.1 Å². The lowest BCUT2D eigenvalue weighted by atomic mass is 10.3. The lowest BCUT2D eigenvalue weighted by molar-refractivity contribution is -0.240. The maximum absolute atomic E-state index is 12.8. The van der Waals surface area contributed by atoms with Gasteiger partial charge in [-0.2, -0.15) is 30.4 Å². The Balaban J connectivity index is 3.28. The van der Waals surface area contributed by atoms with Gasteiger partial charge >= 0.3 is 29.4 Å². The molecule has 0 aliphatic carbocycles. The highest BCUT2D eigenvalue weighted by Crippen LogP contribution is 2.42. The van der Waals surface area contributed by atoms with E-state index in [9.17, 15) is 38.8 Å². The molecule has 0 unspecified atom stereocenters. The van der Waals surface area contributed by atoms with Crippen molar-refractivity contribution in [2.75, 3.05) is 4.72 Å². The van der Waals surface area contributed by atoms with E-state index in [0.29, 0.717) is 0 Å². The van der Waals surface area contributed by atoms with Crippen LogP contribution in [0.5, 0.6) is 0 Å². The highest BCUT2D eigenvalue weighted by molar-refractivity contribution is 8.68. The Labute approximate surface area is 109 Å². The third kappa shape index (κ3) is 2.70. The van der Waals surface area contributed by atoms with Crippen LogP contribution in [0.15, 0.2) is 30.3 Å². The third-order valence-corrected chi connectivity index (χ3v) is 6.48. The van der Waals surface area contributed by atoms with Crippen LogP contribution in [-0.2, 0) is 17.9 Å². The molecular weight excluding hydrogens is 333 g/mol. The average Bonchev–Trinajstić information content (AvgIpc) is 2.27. The molecule has 0 bridgehead atoms. The topological polar surface area (TPSA) is 80.3 Å². The highest BCUT2D eigenvalue weighted by Gasteiger charge is 2.71. The quantitative estimate of drug-likeness (QED) is 0.671. The summed E-state index contributed by atoms with van der Waals surface area (Å²) < 4.78 is 107. The molecule has 0 heterocycles. The number of benzene rings is 1. The average molecular weight is 339 g/mol. The molecule has 0 amide bonds. The van der Waals surface area contributed by atoms with Gasteiger partial charge in [0.15, 0.2) is 0 Å². The number of nitrogens with one attached hydrogen (secondary N) is 1. The first-order valence-corrected chi connectivity index (χ1v) is 8.08. The van der Waals surface area contributed by atoms with Crippen LogP contribution in [0.1, 0.15) is 0 Å². The molecule has 1 rings (SSSR count). The van der Waals surface area contributed by atoms with Crippen molar-refractivity contribution in [3.8, 4) is 0 Å². The van der Waals surface area contributed by atoms with Gasteiger partial charge in [-0.15, -0.1) is 0 Å². The van der Waals surface area contributed by atoms with Gasteiger partial charge in [0.2, 0.25) is 0 Å². The molecule has 0 fully saturated rings. The molecule has 0 radical (unpaired) electrons. The second-order valence-corrected chi connectivity index (χ2v) is 8.56. The van der Waals surface area contributed by atoms with Crippen LogP contribution in [-0.4, -0.2) is 28.3 Å². The van der Waals surface area contributed by atoms with Crippen molar-refractivity contribution in [3.63, 3.8) is 0 Å². The van der Waals surface area contributed by atoms with Crippen LogP contribution in [0.2, 0.25) is 0 Å². The minimum atomic E-state index is -6.89. The molecule has 12 heteroatoms. The minimum absolute atomic E-state index is 0.478. The maximum Gasteiger partial charge on any atom is 0.470 e. The lowest BCUT2D eigenvalue weighted by Crippen LogP contribution is -2.48. The summed E-state index contributed by atoms with van der Waals surface area (Å²) in [5.74, 6) is 0. The van der Waals surface area contributed by atoms with E-state index < -0.39 is 35.0 Å². The molecule has 20 heavy (non-hydrogen) atoms. The summed E-state index contributed by atoms with van der Waals surface area (Å²) in [6, 6.07) is 5.76. The van der Waals surface area contributed by atoms with E-state index in [-0.39, 0.29) is 0 Å². The largest absolute Gasteiger partial charge is 0.470 e. The second kappa shape index (κ2) is 4.84. The van der Waals surface area contributed by atoms with Crippen LogP contribution in [0.25, 0.3) is 0 Å². The van der Waals surface area contributed by atoms with Gasteiger partial charge < -0.3 is 0 Å². The molecule has 1 aromatic carbocycles. The number of halogens is 5. The molecule has 1 N–H and O–H groups in total. The Morgan fingerprint density at radius 2 is 1.30 bits per heavy atom. The Kier molecular flexibility index (Phi) is 4.02. The zero-order chi connectivity index (χ0) is 15.8. The van der Waals surface area contributed by atoms with E-state index in [2.05, 4.69) is 0 Å². The molecule has 5 nitrogen and oxygen atoms in total. The first-order chi connectivity index (χ1) is 8.83. The molecule has 0 atom stereocenters. The SMILES string of the molecule is O=S(=O)(Nc1ccccc1)S(=O)(=O)C(F)(F)C(F)(F)F.